The number of carbonyl (C=O) groups is 2. The van der Waals surface area contributed by atoms with Crippen LogP contribution in [-0.2, 0) is 17.6 Å². The summed E-state index contributed by atoms with van der Waals surface area (Å²) in [5.41, 5.74) is 5.00. The molecule has 0 aromatic heterocycles. The maximum absolute atomic E-state index is 12.6. The van der Waals surface area contributed by atoms with Crippen LogP contribution in [0.2, 0.25) is 0 Å². The molecule has 1 heterocycles. The first-order chi connectivity index (χ1) is 13.4. The van der Waals surface area contributed by atoms with Gasteiger partial charge in [0, 0.05) is 19.5 Å². The highest BCUT2D eigenvalue weighted by Gasteiger charge is 2.24. The number of benzene rings is 2. The maximum Gasteiger partial charge on any atom is 0.335 e. The molecule has 1 N–H and O–H groups in total. The second kappa shape index (κ2) is 9.05. The topological polar surface area (TPSA) is 57.6 Å². The number of aromatic carboxylic acids is 1. The lowest BCUT2D eigenvalue weighted by Crippen LogP contribution is -2.39. The van der Waals surface area contributed by atoms with Crippen LogP contribution in [-0.4, -0.2) is 35.0 Å². The van der Waals surface area contributed by atoms with Gasteiger partial charge in [-0.3, -0.25) is 4.79 Å². The van der Waals surface area contributed by atoms with Gasteiger partial charge in [0.05, 0.1) is 5.56 Å². The van der Waals surface area contributed by atoms with E-state index in [2.05, 4.69) is 32.0 Å². The quantitative estimate of drug-likeness (QED) is 0.808. The van der Waals surface area contributed by atoms with Crippen molar-refractivity contribution in [2.45, 2.75) is 46.0 Å². The molecule has 1 aliphatic rings. The molecule has 1 amide bonds. The predicted molar refractivity (Wildman–Crippen MR) is 111 cm³/mol. The van der Waals surface area contributed by atoms with E-state index in [9.17, 15) is 14.7 Å². The van der Waals surface area contributed by atoms with Gasteiger partial charge >= 0.3 is 5.97 Å². The molecule has 0 spiro atoms. The molecule has 148 valence electrons. The molecule has 0 saturated carbocycles. The van der Waals surface area contributed by atoms with Gasteiger partial charge in [-0.2, -0.15) is 0 Å². The molecule has 0 radical (unpaired) electrons. The second-order valence-electron chi connectivity index (χ2n) is 7.99. The van der Waals surface area contributed by atoms with Gasteiger partial charge in [-0.15, -0.1) is 0 Å². The molecule has 3 rings (SSSR count). The van der Waals surface area contributed by atoms with Crippen molar-refractivity contribution in [2.24, 2.45) is 5.92 Å². The monoisotopic (exact) mass is 379 g/mol. The molecule has 1 saturated heterocycles. The first-order valence-corrected chi connectivity index (χ1v) is 10.1. The van der Waals surface area contributed by atoms with Crippen molar-refractivity contribution in [2.75, 3.05) is 13.1 Å². The molecule has 28 heavy (non-hydrogen) atoms. The third-order valence-electron chi connectivity index (χ3n) is 5.63. The van der Waals surface area contributed by atoms with Crippen LogP contribution in [0.4, 0.5) is 0 Å². The van der Waals surface area contributed by atoms with Crippen molar-refractivity contribution < 1.29 is 14.7 Å². The molecule has 2 aromatic carbocycles. The second-order valence-corrected chi connectivity index (χ2v) is 7.99. The Hall–Kier alpha value is -2.62. The summed E-state index contributed by atoms with van der Waals surface area (Å²) in [5.74, 6) is -0.206. The highest BCUT2D eigenvalue weighted by molar-refractivity contribution is 5.89. The summed E-state index contributed by atoms with van der Waals surface area (Å²) in [5, 5.41) is 9.34. The van der Waals surface area contributed by atoms with Crippen LogP contribution in [0.15, 0.2) is 42.5 Å². The van der Waals surface area contributed by atoms with Crippen molar-refractivity contribution in [3.8, 4) is 0 Å². The van der Waals surface area contributed by atoms with E-state index < -0.39 is 5.97 Å². The van der Waals surface area contributed by atoms with Gasteiger partial charge in [0.25, 0.3) is 0 Å². The Bertz CT molecular complexity index is 830. The summed E-state index contributed by atoms with van der Waals surface area (Å²) < 4.78 is 0. The highest BCUT2D eigenvalue weighted by atomic mass is 16.4. The number of amides is 1. The van der Waals surface area contributed by atoms with Crippen LogP contribution >= 0.6 is 0 Å². The van der Waals surface area contributed by atoms with E-state index in [1.165, 1.54) is 16.7 Å². The van der Waals surface area contributed by atoms with Crippen molar-refractivity contribution in [3.05, 3.63) is 70.3 Å². The average Bonchev–Trinajstić information content (AvgIpc) is 2.66. The fourth-order valence-electron chi connectivity index (χ4n) is 4.23. The number of nitrogens with zero attached hydrogens (tertiary/aromatic N) is 1. The highest BCUT2D eigenvalue weighted by Crippen LogP contribution is 2.24. The van der Waals surface area contributed by atoms with Crippen LogP contribution in [0, 0.1) is 19.8 Å². The van der Waals surface area contributed by atoms with E-state index in [1.807, 2.05) is 17.0 Å². The lowest BCUT2D eigenvalue weighted by molar-refractivity contribution is -0.132. The van der Waals surface area contributed by atoms with E-state index in [4.69, 9.17) is 0 Å². The van der Waals surface area contributed by atoms with E-state index in [0.29, 0.717) is 17.9 Å². The number of piperidine rings is 1. The number of carboxylic acid groups (broad SMARTS) is 1. The molecule has 0 aliphatic carbocycles. The smallest absolute Gasteiger partial charge is 0.335 e. The fraction of sp³-hybridized carbons (Fsp3) is 0.417. The summed E-state index contributed by atoms with van der Waals surface area (Å²) in [6.07, 6.45) is 3.97. The largest absolute Gasteiger partial charge is 0.478 e. The van der Waals surface area contributed by atoms with Gasteiger partial charge in [-0.05, 0) is 62.6 Å². The average molecular weight is 380 g/mol. The molecule has 4 heteroatoms. The molecule has 1 aliphatic heterocycles. The first-order valence-electron chi connectivity index (χ1n) is 10.1. The molecular weight excluding hydrogens is 350 g/mol. The minimum absolute atomic E-state index is 0.226. The normalized spacial score (nSPS) is 14.9. The zero-order valence-corrected chi connectivity index (χ0v) is 16.8. The Labute approximate surface area is 167 Å². The maximum atomic E-state index is 12.6. The summed E-state index contributed by atoms with van der Waals surface area (Å²) >= 11 is 0. The molecule has 1 fully saturated rings. The van der Waals surface area contributed by atoms with Crippen molar-refractivity contribution >= 4 is 11.9 Å². The standard InChI is InChI=1S/C24H29NO3/c1-17-13-18(2)15-20(14-17)7-8-23(26)25-11-9-19(10-12-25)16-21-5-3-4-6-22(21)24(27)28/h3-6,13-15,19H,7-12,16H2,1-2H3,(H,27,28). The lowest BCUT2D eigenvalue weighted by atomic mass is 9.88. The van der Waals surface area contributed by atoms with E-state index >= 15 is 0 Å². The molecule has 0 bridgehead atoms. The van der Waals surface area contributed by atoms with Crippen LogP contribution in [0.3, 0.4) is 0 Å². The molecule has 0 unspecified atom stereocenters. The van der Waals surface area contributed by atoms with Gasteiger partial charge in [0.1, 0.15) is 0 Å². The summed E-state index contributed by atoms with van der Waals surface area (Å²) in [6.45, 7) is 5.72. The summed E-state index contributed by atoms with van der Waals surface area (Å²) in [4.78, 5) is 26.0. The lowest BCUT2D eigenvalue weighted by Gasteiger charge is -2.32. The van der Waals surface area contributed by atoms with Crippen LogP contribution in [0.25, 0.3) is 0 Å². The van der Waals surface area contributed by atoms with Crippen LogP contribution in [0.1, 0.15) is 51.9 Å². The fourth-order valence-corrected chi connectivity index (χ4v) is 4.23. The van der Waals surface area contributed by atoms with Gasteiger partial charge in [0.2, 0.25) is 5.91 Å². The van der Waals surface area contributed by atoms with Crippen molar-refractivity contribution in [1.29, 1.82) is 0 Å². The third-order valence-corrected chi connectivity index (χ3v) is 5.63. The van der Waals surface area contributed by atoms with E-state index in [-0.39, 0.29) is 5.91 Å². The van der Waals surface area contributed by atoms with Gasteiger partial charge in [-0.1, -0.05) is 47.5 Å². The number of aryl methyl sites for hydroxylation is 3. The minimum atomic E-state index is -0.866. The van der Waals surface area contributed by atoms with E-state index in [1.54, 1.807) is 12.1 Å². The number of carbonyl (C=O) groups excluding carboxylic acids is 1. The third kappa shape index (κ3) is 5.22. The Morgan fingerprint density at radius 2 is 1.68 bits per heavy atom. The number of likely N-dealkylation sites (tertiary alicyclic amines) is 1. The van der Waals surface area contributed by atoms with E-state index in [0.717, 1.165) is 44.3 Å². The number of hydrogen-bond acceptors (Lipinski definition) is 2. The number of hydrogen-bond donors (Lipinski definition) is 1. The SMILES string of the molecule is Cc1cc(C)cc(CCC(=O)N2CCC(Cc3ccccc3C(=O)O)CC2)c1. The summed E-state index contributed by atoms with van der Waals surface area (Å²) in [7, 11) is 0. The predicted octanol–water partition coefficient (Wildman–Crippen LogP) is 4.42. The Morgan fingerprint density at radius 3 is 2.32 bits per heavy atom. The van der Waals surface area contributed by atoms with Crippen molar-refractivity contribution in [1.82, 2.24) is 4.90 Å². The van der Waals surface area contributed by atoms with Crippen LogP contribution < -0.4 is 0 Å². The zero-order chi connectivity index (χ0) is 20.1. The first kappa shape index (κ1) is 20.1. The molecule has 0 atom stereocenters. The molecule has 4 nitrogen and oxygen atoms in total. The van der Waals surface area contributed by atoms with Crippen LogP contribution in [0.5, 0.6) is 0 Å². The van der Waals surface area contributed by atoms with Crippen molar-refractivity contribution in [3.63, 3.8) is 0 Å². The number of rotatable bonds is 6. The molecular formula is C24H29NO3. The Kier molecular flexibility index (Phi) is 6.50. The zero-order valence-electron chi connectivity index (χ0n) is 16.8. The Morgan fingerprint density at radius 1 is 1.04 bits per heavy atom. The summed E-state index contributed by atoms with van der Waals surface area (Å²) in [6, 6.07) is 13.7. The molecule has 2 aromatic rings. The minimum Gasteiger partial charge on any atom is -0.478 e. The van der Waals surface area contributed by atoms with Gasteiger partial charge < -0.3 is 10.0 Å². The Balaban J connectivity index is 1.49. The van der Waals surface area contributed by atoms with Gasteiger partial charge in [0.15, 0.2) is 0 Å². The number of carboxylic acids is 1. The van der Waals surface area contributed by atoms with Gasteiger partial charge in [-0.25, -0.2) is 4.79 Å².